The van der Waals surface area contributed by atoms with E-state index in [4.69, 9.17) is 9.84 Å². The van der Waals surface area contributed by atoms with Crippen molar-refractivity contribution < 1.29 is 14.6 Å². The molecule has 0 aromatic heterocycles. The summed E-state index contributed by atoms with van der Waals surface area (Å²) in [5, 5.41) is 8.95. The second kappa shape index (κ2) is 5.71. The third-order valence-electron chi connectivity index (χ3n) is 2.58. The number of hydrogen-bond donors (Lipinski definition) is 3. The molecule has 97 valence electrons. The molecule has 0 bridgehead atoms. The summed E-state index contributed by atoms with van der Waals surface area (Å²) in [6.07, 6.45) is -0.527. The summed E-state index contributed by atoms with van der Waals surface area (Å²) in [5.74, 6) is 1.26. The number of aliphatic hydroxyl groups is 1. The maximum Gasteiger partial charge on any atom is 0.343 e. The molecule has 18 heavy (non-hydrogen) atoms. The van der Waals surface area contributed by atoms with Gasteiger partial charge in [0.1, 0.15) is 6.10 Å². The van der Waals surface area contributed by atoms with Crippen molar-refractivity contribution in [2.24, 2.45) is 0 Å². The molecule has 3 N–H and O–H groups in total. The maximum atomic E-state index is 12.3. The zero-order valence-corrected chi connectivity index (χ0v) is 10.7. The van der Waals surface area contributed by atoms with Crippen molar-refractivity contribution in [3.8, 4) is 0 Å². The summed E-state index contributed by atoms with van der Waals surface area (Å²) in [4.78, 5) is 11.3. The maximum absolute atomic E-state index is 12.3. The van der Waals surface area contributed by atoms with Crippen LogP contribution in [0.5, 0.6) is 0 Å². The highest BCUT2D eigenvalue weighted by Gasteiger charge is 2.46. The van der Waals surface area contributed by atoms with Crippen molar-refractivity contribution in [2.75, 3.05) is 6.61 Å². The van der Waals surface area contributed by atoms with E-state index in [0.717, 1.165) is 5.56 Å². The van der Waals surface area contributed by atoms with Crippen LogP contribution in [0.4, 0.5) is 0 Å². The van der Waals surface area contributed by atoms with Gasteiger partial charge in [-0.2, -0.15) is 0 Å². The second-order valence-electron chi connectivity index (χ2n) is 3.95. The molecule has 5 nitrogen and oxygen atoms in total. The van der Waals surface area contributed by atoms with Gasteiger partial charge in [-0.05, 0) is 12.5 Å². The molecular formula is C12H15N2O3S. The average molecular weight is 267 g/mol. The molecule has 0 aliphatic carbocycles. The Hall–Kier alpha value is -1.08. The fourth-order valence-electron chi connectivity index (χ4n) is 1.61. The number of benzene rings is 1. The number of rotatable bonds is 4. The first-order valence-corrected chi connectivity index (χ1v) is 6.46. The highest BCUT2D eigenvalue weighted by Crippen LogP contribution is 2.39. The number of ether oxygens (including phenoxy) is 1. The van der Waals surface area contributed by atoms with Gasteiger partial charge in [0.2, 0.25) is 4.87 Å². The molecule has 2 rings (SSSR count). The SMILES string of the molecule is CC(CO)OC(=O)C1(c2ccccc2)NN[CH]S1. The Kier molecular flexibility index (Phi) is 4.23. The van der Waals surface area contributed by atoms with Crippen LogP contribution >= 0.6 is 11.8 Å². The fourth-order valence-corrected chi connectivity index (χ4v) is 2.44. The highest BCUT2D eigenvalue weighted by molar-refractivity contribution is 8.03. The molecule has 1 aliphatic rings. The first kappa shape index (κ1) is 13.4. The number of thioether (sulfide) groups is 1. The molecule has 1 heterocycles. The molecule has 2 unspecified atom stereocenters. The minimum atomic E-state index is -0.995. The summed E-state index contributed by atoms with van der Waals surface area (Å²) < 4.78 is 5.21. The van der Waals surface area contributed by atoms with E-state index >= 15 is 0 Å². The predicted molar refractivity (Wildman–Crippen MR) is 68.9 cm³/mol. The van der Waals surface area contributed by atoms with E-state index in [2.05, 4.69) is 10.9 Å². The van der Waals surface area contributed by atoms with Crippen LogP contribution in [0, 0.1) is 5.88 Å². The third kappa shape index (κ3) is 2.51. The monoisotopic (exact) mass is 267 g/mol. The van der Waals surface area contributed by atoms with E-state index in [0.29, 0.717) is 0 Å². The van der Waals surface area contributed by atoms with Crippen LogP contribution in [0.15, 0.2) is 30.3 Å². The molecule has 0 saturated carbocycles. The van der Waals surface area contributed by atoms with Gasteiger partial charge in [-0.3, -0.25) is 0 Å². The van der Waals surface area contributed by atoms with Gasteiger partial charge in [-0.1, -0.05) is 42.1 Å². The Morgan fingerprint density at radius 1 is 1.50 bits per heavy atom. The van der Waals surface area contributed by atoms with Gasteiger partial charge in [0.15, 0.2) is 0 Å². The number of carbonyl (C=O) groups is 1. The summed E-state index contributed by atoms with van der Waals surface area (Å²) in [6, 6.07) is 9.31. The molecule has 1 aromatic rings. The molecule has 1 saturated heterocycles. The first-order chi connectivity index (χ1) is 8.69. The zero-order chi connectivity index (χ0) is 13.0. The lowest BCUT2D eigenvalue weighted by Crippen LogP contribution is -2.48. The van der Waals surface area contributed by atoms with Crippen molar-refractivity contribution in [1.29, 1.82) is 0 Å². The van der Waals surface area contributed by atoms with Crippen molar-refractivity contribution in [3.63, 3.8) is 0 Å². The molecular weight excluding hydrogens is 252 g/mol. The van der Waals surface area contributed by atoms with E-state index in [1.165, 1.54) is 11.8 Å². The van der Waals surface area contributed by atoms with Crippen LogP contribution in [-0.2, 0) is 14.4 Å². The quantitative estimate of drug-likeness (QED) is 0.698. The Labute approximate surface area is 110 Å². The van der Waals surface area contributed by atoms with Crippen molar-refractivity contribution >= 4 is 17.7 Å². The zero-order valence-electron chi connectivity index (χ0n) is 9.92. The Bertz CT molecular complexity index is 407. The highest BCUT2D eigenvalue weighted by atomic mass is 32.2. The number of aliphatic hydroxyl groups excluding tert-OH is 1. The average Bonchev–Trinajstić information content (AvgIpc) is 2.90. The topological polar surface area (TPSA) is 70.6 Å². The van der Waals surface area contributed by atoms with Crippen LogP contribution in [0.1, 0.15) is 12.5 Å². The van der Waals surface area contributed by atoms with E-state index in [9.17, 15) is 4.79 Å². The molecule has 1 aliphatic heterocycles. The van der Waals surface area contributed by atoms with E-state index in [1.54, 1.807) is 12.8 Å². The van der Waals surface area contributed by atoms with Crippen LogP contribution in [0.25, 0.3) is 0 Å². The number of carbonyl (C=O) groups excluding carboxylic acids is 1. The third-order valence-corrected chi connectivity index (χ3v) is 3.67. The summed E-state index contributed by atoms with van der Waals surface area (Å²) >= 11 is 1.30. The van der Waals surface area contributed by atoms with Crippen LogP contribution in [0.2, 0.25) is 0 Å². The molecule has 0 amide bonds. The Morgan fingerprint density at radius 3 is 2.78 bits per heavy atom. The van der Waals surface area contributed by atoms with Crippen LogP contribution in [0.3, 0.4) is 0 Å². The smallest absolute Gasteiger partial charge is 0.343 e. The predicted octanol–water partition coefficient (Wildman–Crippen LogP) is 0.724. The minimum absolute atomic E-state index is 0.196. The standard InChI is InChI=1S/C12H15N2O3S/c1-9(7-15)17-11(16)12(14-13-8-18-12)10-5-3-2-4-6-10/h2-6,8-9,13-15H,7H2,1H3. The van der Waals surface area contributed by atoms with Crippen molar-refractivity contribution in [3.05, 3.63) is 41.8 Å². The number of esters is 1. The van der Waals surface area contributed by atoms with Crippen molar-refractivity contribution in [2.45, 2.75) is 17.9 Å². The molecule has 6 heteroatoms. The molecule has 1 fully saturated rings. The summed E-state index contributed by atoms with van der Waals surface area (Å²) in [5.41, 5.74) is 6.52. The van der Waals surface area contributed by atoms with E-state index in [1.807, 2.05) is 30.3 Å². The Morgan fingerprint density at radius 2 is 2.22 bits per heavy atom. The summed E-state index contributed by atoms with van der Waals surface area (Å²) in [6.45, 7) is 1.45. The van der Waals surface area contributed by atoms with E-state index in [-0.39, 0.29) is 6.61 Å². The van der Waals surface area contributed by atoms with Gasteiger partial charge >= 0.3 is 5.97 Å². The van der Waals surface area contributed by atoms with Crippen LogP contribution < -0.4 is 10.9 Å². The molecule has 1 aromatic carbocycles. The second-order valence-corrected chi connectivity index (χ2v) is 5.03. The van der Waals surface area contributed by atoms with Gasteiger partial charge in [0.05, 0.1) is 12.5 Å². The molecule has 2 atom stereocenters. The van der Waals surface area contributed by atoms with Crippen molar-refractivity contribution in [1.82, 2.24) is 10.9 Å². The number of nitrogens with one attached hydrogen (secondary N) is 2. The van der Waals surface area contributed by atoms with E-state index < -0.39 is 16.9 Å². The Balaban J connectivity index is 2.25. The fraction of sp³-hybridized carbons (Fsp3) is 0.333. The van der Waals surface area contributed by atoms with Gasteiger partial charge in [-0.25, -0.2) is 15.6 Å². The van der Waals surface area contributed by atoms with Gasteiger partial charge in [0, 0.05) is 0 Å². The summed E-state index contributed by atoms with van der Waals surface area (Å²) in [7, 11) is 0. The lowest BCUT2D eigenvalue weighted by molar-refractivity contribution is -0.154. The first-order valence-electron chi connectivity index (χ1n) is 5.58. The lowest BCUT2D eigenvalue weighted by atomic mass is 10.1. The van der Waals surface area contributed by atoms with Crippen LogP contribution in [-0.4, -0.2) is 23.8 Å². The van der Waals surface area contributed by atoms with Gasteiger partial charge in [0.25, 0.3) is 0 Å². The molecule has 0 spiro atoms. The number of hydrazine groups is 1. The van der Waals surface area contributed by atoms with Gasteiger partial charge in [-0.15, -0.1) is 0 Å². The minimum Gasteiger partial charge on any atom is -0.458 e. The normalized spacial score (nSPS) is 24.8. The molecule has 1 radical (unpaired) electrons. The number of hydrogen-bond acceptors (Lipinski definition) is 6. The van der Waals surface area contributed by atoms with Gasteiger partial charge < -0.3 is 9.84 Å². The lowest BCUT2D eigenvalue weighted by Gasteiger charge is -2.27. The largest absolute Gasteiger partial charge is 0.458 e.